The minimum Gasteiger partial charge on any atom is -0.490 e. The summed E-state index contributed by atoms with van der Waals surface area (Å²) in [6.07, 6.45) is 0.743. The topological polar surface area (TPSA) is 108 Å². The summed E-state index contributed by atoms with van der Waals surface area (Å²) in [5.74, 6) is 0.515. The normalized spacial score (nSPS) is 13.8. The largest absolute Gasteiger partial charge is 0.490 e. The maximum absolute atomic E-state index is 12.4. The molecule has 132 valence electrons. The number of benzene rings is 2. The van der Waals surface area contributed by atoms with Gasteiger partial charge in [0, 0.05) is 24.1 Å². The van der Waals surface area contributed by atoms with E-state index >= 15 is 0 Å². The van der Waals surface area contributed by atoms with Crippen LogP contribution in [0.25, 0.3) is 0 Å². The first-order valence-electron chi connectivity index (χ1n) is 7.57. The zero-order valence-corrected chi connectivity index (χ0v) is 14.0. The molecule has 3 rings (SSSR count). The molecule has 1 N–H and O–H groups in total. The third-order valence-corrected chi connectivity index (χ3v) is 4.79. The Morgan fingerprint density at radius 1 is 1.08 bits per heavy atom. The fourth-order valence-corrected chi connectivity index (χ4v) is 3.67. The van der Waals surface area contributed by atoms with Crippen LogP contribution in [0, 0.1) is 10.1 Å². The summed E-state index contributed by atoms with van der Waals surface area (Å²) in [6.45, 7) is 1.02. The van der Waals surface area contributed by atoms with E-state index in [1.165, 1.54) is 24.3 Å². The summed E-state index contributed by atoms with van der Waals surface area (Å²) < 4.78 is 38.2. The van der Waals surface area contributed by atoms with Gasteiger partial charge in [0.05, 0.1) is 23.8 Å². The number of sulfonamides is 1. The van der Waals surface area contributed by atoms with Crippen LogP contribution < -0.4 is 14.2 Å². The zero-order valence-electron chi connectivity index (χ0n) is 13.2. The van der Waals surface area contributed by atoms with Crippen molar-refractivity contribution in [2.75, 3.05) is 17.9 Å². The smallest absolute Gasteiger partial charge is 0.273 e. The van der Waals surface area contributed by atoms with E-state index in [0.29, 0.717) is 30.4 Å². The van der Waals surface area contributed by atoms with Crippen LogP contribution in [-0.4, -0.2) is 26.6 Å². The van der Waals surface area contributed by atoms with Gasteiger partial charge in [0.2, 0.25) is 10.0 Å². The minimum atomic E-state index is -3.83. The van der Waals surface area contributed by atoms with Gasteiger partial charge < -0.3 is 9.47 Å². The molecule has 0 amide bonds. The molecule has 2 aromatic rings. The lowest BCUT2D eigenvalue weighted by atomic mass is 10.2. The number of nitrogens with zero attached hydrogens (tertiary/aromatic N) is 1. The van der Waals surface area contributed by atoms with E-state index in [1.807, 2.05) is 0 Å². The van der Waals surface area contributed by atoms with Crippen LogP contribution >= 0.6 is 0 Å². The monoisotopic (exact) mass is 364 g/mol. The molecule has 1 aliphatic rings. The highest BCUT2D eigenvalue weighted by Crippen LogP contribution is 2.33. The van der Waals surface area contributed by atoms with Crippen molar-refractivity contribution in [3.8, 4) is 11.5 Å². The van der Waals surface area contributed by atoms with Crippen molar-refractivity contribution >= 4 is 21.4 Å². The van der Waals surface area contributed by atoms with Gasteiger partial charge in [-0.25, -0.2) is 8.42 Å². The maximum atomic E-state index is 12.4. The zero-order chi connectivity index (χ0) is 17.9. The molecule has 0 unspecified atom stereocenters. The number of rotatable bonds is 5. The van der Waals surface area contributed by atoms with Crippen molar-refractivity contribution in [1.29, 1.82) is 0 Å². The van der Waals surface area contributed by atoms with Crippen LogP contribution in [-0.2, 0) is 15.8 Å². The Kier molecular flexibility index (Phi) is 4.75. The minimum absolute atomic E-state index is 0.120. The summed E-state index contributed by atoms with van der Waals surface area (Å²) >= 11 is 0. The molecular formula is C16H16N2O6S. The van der Waals surface area contributed by atoms with Crippen LogP contribution in [0.2, 0.25) is 0 Å². The number of nitrogens with one attached hydrogen (secondary N) is 1. The van der Waals surface area contributed by atoms with Gasteiger partial charge in [-0.15, -0.1) is 0 Å². The molecule has 1 aliphatic heterocycles. The predicted molar refractivity (Wildman–Crippen MR) is 91.4 cm³/mol. The van der Waals surface area contributed by atoms with Gasteiger partial charge in [0.15, 0.2) is 11.5 Å². The molecule has 0 aliphatic carbocycles. The SMILES string of the molecule is O=[N+]([O-])c1ccccc1CS(=O)(=O)Nc1ccc2c(c1)OCCCO2. The van der Waals surface area contributed by atoms with E-state index < -0.39 is 20.7 Å². The first-order valence-corrected chi connectivity index (χ1v) is 9.22. The van der Waals surface area contributed by atoms with Gasteiger partial charge in [0.25, 0.3) is 5.69 Å². The molecule has 0 aromatic heterocycles. The number of ether oxygens (including phenoxy) is 2. The fourth-order valence-electron chi connectivity index (χ4n) is 2.46. The molecule has 0 spiro atoms. The molecule has 0 atom stereocenters. The number of nitro benzene ring substituents is 1. The second-order valence-corrected chi connectivity index (χ2v) is 7.18. The van der Waals surface area contributed by atoms with Crippen molar-refractivity contribution in [3.63, 3.8) is 0 Å². The molecular weight excluding hydrogens is 348 g/mol. The molecule has 8 nitrogen and oxygen atoms in total. The van der Waals surface area contributed by atoms with Crippen molar-refractivity contribution in [3.05, 3.63) is 58.1 Å². The average Bonchev–Trinajstić information content (AvgIpc) is 2.79. The van der Waals surface area contributed by atoms with Gasteiger partial charge in [0.1, 0.15) is 5.75 Å². The Bertz CT molecular complexity index is 897. The molecule has 0 radical (unpaired) electrons. The molecule has 0 saturated heterocycles. The summed E-state index contributed by atoms with van der Waals surface area (Å²) in [5.41, 5.74) is 0.198. The van der Waals surface area contributed by atoms with Gasteiger partial charge >= 0.3 is 0 Å². The molecule has 9 heteroatoms. The lowest BCUT2D eigenvalue weighted by Crippen LogP contribution is -2.16. The molecule has 0 saturated carbocycles. The highest BCUT2D eigenvalue weighted by molar-refractivity contribution is 7.91. The van der Waals surface area contributed by atoms with Crippen LogP contribution in [0.5, 0.6) is 11.5 Å². The fraction of sp³-hybridized carbons (Fsp3) is 0.250. The summed E-state index contributed by atoms with van der Waals surface area (Å²) in [6, 6.07) is 10.5. The Morgan fingerprint density at radius 3 is 2.56 bits per heavy atom. The third kappa shape index (κ3) is 4.18. The van der Waals surface area contributed by atoms with Gasteiger partial charge in [-0.2, -0.15) is 0 Å². The standard InChI is InChI=1S/C16H16N2O6S/c19-18(20)14-5-2-1-4-12(14)11-25(21,22)17-13-6-7-15-16(10-13)24-9-3-8-23-15/h1-2,4-7,10,17H,3,8-9,11H2. The number of hydrogen-bond donors (Lipinski definition) is 1. The van der Waals surface area contributed by atoms with E-state index in [4.69, 9.17) is 9.47 Å². The quantitative estimate of drug-likeness (QED) is 0.645. The van der Waals surface area contributed by atoms with Crippen molar-refractivity contribution in [2.45, 2.75) is 12.2 Å². The Morgan fingerprint density at radius 2 is 1.80 bits per heavy atom. The summed E-state index contributed by atoms with van der Waals surface area (Å²) in [5, 5.41) is 11.0. The van der Waals surface area contributed by atoms with Crippen LogP contribution in [0.3, 0.4) is 0 Å². The van der Waals surface area contributed by atoms with Crippen molar-refractivity contribution in [1.82, 2.24) is 0 Å². The number of para-hydroxylation sites is 1. The first kappa shape index (κ1) is 17.0. The average molecular weight is 364 g/mol. The van der Waals surface area contributed by atoms with Crippen LogP contribution in [0.1, 0.15) is 12.0 Å². The van der Waals surface area contributed by atoms with E-state index in [1.54, 1.807) is 18.2 Å². The predicted octanol–water partition coefficient (Wildman–Crippen LogP) is 2.70. The van der Waals surface area contributed by atoms with Gasteiger partial charge in [-0.3, -0.25) is 14.8 Å². The maximum Gasteiger partial charge on any atom is 0.273 e. The van der Waals surface area contributed by atoms with Crippen molar-refractivity contribution in [2.24, 2.45) is 0 Å². The van der Waals surface area contributed by atoms with E-state index in [-0.39, 0.29) is 11.3 Å². The summed E-state index contributed by atoms with van der Waals surface area (Å²) in [4.78, 5) is 10.4. The lowest BCUT2D eigenvalue weighted by molar-refractivity contribution is -0.385. The second-order valence-electron chi connectivity index (χ2n) is 5.46. The lowest BCUT2D eigenvalue weighted by Gasteiger charge is -2.12. The van der Waals surface area contributed by atoms with E-state index in [2.05, 4.69) is 4.72 Å². The number of fused-ring (bicyclic) bond motifs is 1. The van der Waals surface area contributed by atoms with Gasteiger partial charge in [-0.1, -0.05) is 18.2 Å². The second kappa shape index (κ2) is 6.98. The molecule has 0 bridgehead atoms. The molecule has 0 fully saturated rings. The number of anilines is 1. The van der Waals surface area contributed by atoms with Crippen LogP contribution in [0.15, 0.2) is 42.5 Å². The van der Waals surface area contributed by atoms with E-state index in [0.717, 1.165) is 6.42 Å². The molecule has 1 heterocycles. The first-order chi connectivity index (χ1) is 11.9. The highest BCUT2D eigenvalue weighted by Gasteiger charge is 2.20. The van der Waals surface area contributed by atoms with E-state index in [9.17, 15) is 18.5 Å². The number of nitro groups is 1. The summed E-state index contributed by atoms with van der Waals surface area (Å²) in [7, 11) is -3.83. The molecule has 2 aromatic carbocycles. The van der Waals surface area contributed by atoms with Gasteiger partial charge in [-0.05, 0) is 12.1 Å². The Hall–Kier alpha value is -2.81. The van der Waals surface area contributed by atoms with Crippen LogP contribution in [0.4, 0.5) is 11.4 Å². The third-order valence-electron chi connectivity index (χ3n) is 3.55. The Labute approximate surface area is 144 Å². The Balaban J connectivity index is 1.80. The van der Waals surface area contributed by atoms with Crippen molar-refractivity contribution < 1.29 is 22.8 Å². The number of hydrogen-bond acceptors (Lipinski definition) is 6. The highest BCUT2D eigenvalue weighted by atomic mass is 32.2. The molecule has 25 heavy (non-hydrogen) atoms.